The predicted octanol–water partition coefficient (Wildman–Crippen LogP) is 3.01. The Morgan fingerprint density at radius 1 is 1.04 bits per heavy atom. The fourth-order valence-electron chi connectivity index (χ4n) is 2.75. The van der Waals surface area contributed by atoms with Crippen LogP contribution in [0.2, 0.25) is 0 Å². The molecule has 1 aromatic carbocycles. The Bertz CT molecular complexity index is 651. The maximum atomic E-state index is 13.0. The Kier molecular flexibility index (Phi) is 5.13. The average molecular weight is 329 g/mol. The summed E-state index contributed by atoms with van der Waals surface area (Å²) in [6, 6.07) is 8.65. The van der Waals surface area contributed by atoms with Crippen molar-refractivity contribution in [3.63, 3.8) is 0 Å². The van der Waals surface area contributed by atoms with E-state index >= 15 is 0 Å². The second-order valence-electron chi connectivity index (χ2n) is 6.46. The highest BCUT2D eigenvalue weighted by Gasteiger charge is 2.18. The van der Waals surface area contributed by atoms with Gasteiger partial charge in [0.1, 0.15) is 11.6 Å². The molecule has 0 spiro atoms. The molecule has 0 saturated carbocycles. The highest BCUT2D eigenvalue weighted by molar-refractivity contribution is 5.50. The van der Waals surface area contributed by atoms with Crippen LogP contribution >= 0.6 is 0 Å². The summed E-state index contributed by atoms with van der Waals surface area (Å²) in [6.07, 6.45) is 1.80. The first kappa shape index (κ1) is 16.5. The standard InChI is InChI=1S/C18H24FN5/c1-14(2)13-21-18-20-8-7-17(22-18)24-11-9-23(10-12-24)16-5-3-15(19)4-6-16/h3-8,14H,9-13H2,1-2H3,(H,20,21,22). The largest absolute Gasteiger partial charge is 0.368 e. The zero-order chi connectivity index (χ0) is 16.9. The molecule has 3 rings (SSSR count). The highest BCUT2D eigenvalue weighted by atomic mass is 19.1. The van der Waals surface area contributed by atoms with Gasteiger partial charge in [0, 0.05) is 44.6 Å². The molecule has 0 aliphatic carbocycles. The third-order valence-corrected chi connectivity index (χ3v) is 4.10. The zero-order valence-electron chi connectivity index (χ0n) is 14.2. The van der Waals surface area contributed by atoms with E-state index in [1.165, 1.54) is 12.1 Å². The third-order valence-electron chi connectivity index (χ3n) is 4.10. The number of aromatic nitrogens is 2. The predicted molar refractivity (Wildman–Crippen MR) is 96.2 cm³/mol. The summed E-state index contributed by atoms with van der Waals surface area (Å²) in [4.78, 5) is 13.4. The smallest absolute Gasteiger partial charge is 0.224 e. The van der Waals surface area contributed by atoms with Crippen molar-refractivity contribution >= 4 is 17.5 Å². The minimum atomic E-state index is -0.195. The number of piperazine rings is 1. The van der Waals surface area contributed by atoms with Crippen LogP contribution < -0.4 is 15.1 Å². The van der Waals surface area contributed by atoms with Crippen molar-refractivity contribution < 1.29 is 4.39 Å². The van der Waals surface area contributed by atoms with Crippen molar-refractivity contribution in [1.29, 1.82) is 0 Å². The monoisotopic (exact) mass is 329 g/mol. The summed E-state index contributed by atoms with van der Waals surface area (Å²) in [6.45, 7) is 8.74. The summed E-state index contributed by atoms with van der Waals surface area (Å²) in [5.41, 5.74) is 1.07. The Morgan fingerprint density at radius 3 is 2.38 bits per heavy atom. The highest BCUT2D eigenvalue weighted by Crippen LogP contribution is 2.20. The van der Waals surface area contributed by atoms with Crippen LogP contribution in [0.4, 0.5) is 21.8 Å². The van der Waals surface area contributed by atoms with Gasteiger partial charge in [0.05, 0.1) is 0 Å². The first-order valence-electron chi connectivity index (χ1n) is 8.44. The van der Waals surface area contributed by atoms with E-state index in [4.69, 9.17) is 0 Å². The number of nitrogens with zero attached hydrogens (tertiary/aromatic N) is 4. The summed E-state index contributed by atoms with van der Waals surface area (Å²) >= 11 is 0. The Balaban J connectivity index is 1.60. The lowest BCUT2D eigenvalue weighted by molar-refractivity contribution is 0.624. The molecule has 6 heteroatoms. The molecule has 0 radical (unpaired) electrons. The molecule has 5 nitrogen and oxygen atoms in total. The summed E-state index contributed by atoms with van der Waals surface area (Å²) < 4.78 is 13.0. The molecule has 2 heterocycles. The van der Waals surface area contributed by atoms with Crippen molar-refractivity contribution in [2.45, 2.75) is 13.8 Å². The van der Waals surface area contributed by atoms with E-state index in [1.54, 1.807) is 6.20 Å². The maximum absolute atomic E-state index is 13.0. The fraction of sp³-hybridized carbons (Fsp3) is 0.444. The number of hydrogen-bond acceptors (Lipinski definition) is 5. The lowest BCUT2D eigenvalue weighted by atomic mass is 10.2. The van der Waals surface area contributed by atoms with Crippen LogP contribution in [-0.2, 0) is 0 Å². The molecule has 0 bridgehead atoms. The van der Waals surface area contributed by atoms with Crippen molar-refractivity contribution in [3.8, 4) is 0 Å². The number of anilines is 3. The lowest BCUT2D eigenvalue weighted by Gasteiger charge is -2.36. The molecule has 128 valence electrons. The van der Waals surface area contributed by atoms with Crippen LogP contribution in [-0.4, -0.2) is 42.7 Å². The molecule has 0 amide bonds. The molecule has 1 aliphatic heterocycles. The van der Waals surface area contributed by atoms with E-state index in [1.807, 2.05) is 18.2 Å². The van der Waals surface area contributed by atoms with Gasteiger partial charge in [0.2, 0.25) is 5.95 Å². The number of nitrogens with one attached hydrogen (secondary N) is 1. The van der Waals surface area contributed by atoms with Gasteiger partial charge in [0.25, 0.3) is 0 Å². The zero-order valence-corrected chi connectivity index (χ0v) is 14.2. The molecule has 1 saturated heterocycles. The van der Waals surface area contributed by atoms with Gasteiger partial charge >= 0.3 is 0 Å². The minimum absolute atomic E-state index is 0.195. The Morgan fingerprint density at radius 2 is 1.71 bits per heavy atom. The molecule has 2 aromatic rings. The molecule has 1 fully saturated rings. The lowest BCUT2D eigenvalue weighted by Crippen LogP contribution is -2.46. The van der Waals surface area contributed by atoms with Crippen LogP contribution in [0, 0.1) is 11.7 Å². The maximum Gasteiger partial charge on any atom is 0.224 e. The van der Waals surface area contributed by atoms with E-state index in [0.29, 0.717) is 11.9 Å². The molecule has 1 aliphatic rings. The Labute approximate surface area is 142 Å². The van der Waals surface area contributed by atoms with Gasteiger partial charge in [-0.15, -0.1) is 0 Å². The van der Waals surface area contributed by atoms with Gasteiger partial charge in [-0.2, -0.15) is 4.98 Å². The topological polar surface area (TPSA) is 44.3 Å². The minimum Gasteiger partial charge on any atom is -0.368 e. The quantitative estimate of drug-likeness (QED) is 0.913. The van der Waals surface area contributed by atoms with Crippen LogP contribution in [0.15, 0.2) is 36.5 Å². The molecule has 1 N–H and O–H groups in total. The van der Waals surface area contributed by atoms with Crippen LogP contribution in [0.1, 0.15) is 13.8 Å². The van der Waals surface area contributed by atoms with Gasteiger partial charge in [-0.25, -0.2) is 9.37 Å². The average Bonchev–Trinajstić information content (AvgIpc) is 2.61. The summed E-state index contributed by atoms with van der Waals surface area (Å²) in [5.74, 6) is 1.99. The van der Waals surface area contributed by atoms with E-state index in [0.717, 1.165) is 44.2 Å². The molecule has 0 unspecified atom stereocenters. The third kappa shape index (κ3) is 4.13. The Hall–Kier alpha value is -2.37. The molecule has 24 heavy (non-hydrogen) atoms. The van der Waals surface area contributed by atoms with E-state index < -0.39 is 0 Å². The molecule has 0 atom stereocenters. The number of hydrogen-bond donors (Lipinski definition) is 1. The van der Waals surface area contributed by atoms with Crippen molar-refractivity contribution in [1.82, 2.24) is 9.97 Å². The van der Waals surface area contributed by atoms with Crippen molar-refractivity contribution in [3.05, 3.63) is 42.3 Å². The molecular weight excluding hydrogens is 305 g/mol. The van der Waals surface area contributed by atoms with Crippen molar-refractivity contribution in [2.75, 3.05) is 47.8 Å². The molecular formula is C18H24FN5. The number of benzene rings is 1. The van der Waals surface area contributed by atoms with Gasteiger partial charge in [-0.05, 0) is 36.2 Å². The van der Waals surface area contributed by atoms with Crippen molar-refractivity contribution in [2.24, 2.45) is 5.92 Å². The SMILES string of the molecule is CC(C)CNc1nccc(N2CCN(c3ccc(F)cc3)CC2)n1. The second kappa shape index (κ2) is 7.47. The summed E-state index contributed by atoms with van der Waals surface area (Å²) in [7, 11) is 0. The fourth-order valence-corrected chi connectivity index (χ4v) is 2.75. The van der Waals surface area contributed by atoms with Crippen LogP contribution in [0.5, 0.6) is 0 Å². The van der Waals surface area contributed by atoms with E-state index in [-0.39, 0.29) is 5.82 Å². The first-order chi connectivity index (χ1) is 11.6. The second-order valence-corrected chi connectivity index (χ2v) is 6.46. The van der Waals surface area contributed by atoms with Gasteiger partial charge in [0.15, 0.2) is 0 Å². The normalized spacial score (nSPS) is 15.0. The van der Waals surface area contributed by atoms with Gasteiger partial charge in [-0.3, -0.25) is 0 Å². The van der Waals surface area contributed by atoms with E-state index in [9.17, 15) is 4.39 Å². The summed E-state index contributed by atoms with van der Waals surface area (Å²) in [5, 5.41) is 3.27. The molecule has 1 aromatic heterocycles. The van der Waals surface area contributed by atoms with Gasteiger partial charge in [-0.1, -0.05) is 13.8 Å². The van der Waals surface area contributed by atoms with Crippen LogP contribution in [0.25, 0.3) is 0 Å². The first-order valence-corrected chi connectivity index (χ1v) is 8.44. The van der Waals surface area contributed by atoms with Gasteiger partial charge < -0.3 is 15.1 Å². The van der Waals surface area contributed by atoms with Crippen LogP contribution in [0.3, 0.4) is 0 Å². The van der Waals surface area contributed by atoms with E-state index in [2.05, 4.69) is 38.9 Å². The number of halogens is 1. The number of rotatable bonds is 5.